The van der Waals surface area contributed by atoms with Crippen LogP contribution in [-0.4, -0.2) is 0 Å². The average molecular weight is 293 g/mol. The Morgan fingerprint density at radius 3 is 2.22 bits per heavy atom. The van der Waals surface area contributed by atoms with Crippen LogP contribution in [0.25, 0.3) is 0 Å². The van der Waals surface area contributed by atoms with E-state index < -0.39 is 0 Å². The summed E-state index contributed by atoms with van der Waals surface area (Å²) in [5, 5.41) is 0.763. The molecular weight excluding hydrogens is 289 g/mol. The molecule has 0 heterocycles. The van der Waals surface area contributed by atoms with E-state index in [2.05, 4.69) is 5.73 Å². The van der Waals surface area contributed by atoms with Gasteiger partial charge in [0.15, 0.2) is 0 Å². The summed E-state index contributed by atoms with van der Waals surface area (Å²) in [6.07, 6.45) is 7.15. The molecule has 0 amide bonds. The second-order valence-electron chi connectivity index (χ2n) is 1.22. The Bertz CT molecular complexity index is 156. The van der Waals surface area contributed by atoms with E-state index in [0.29, 0.717) is 0 Å². The van der Waals surface area contributed by atoms with Crippen LogP contribution in [0.1, 0.15) is 0 Å². The van der Waals surface area contributed by atoms with Crippen molar-refractivity contribution >= 4 is 11.6 Å². The van der Waals surface area contributed by atoms with E-state index in [0.717, 1.165) is 5.03 Å². The molecule has 2 radical (unpaired) electrons. The summed E-state index contributed by atoms with van der Waals surface area (Å²) in [6, 6.07) is 0. The van der Waals surface area contributed by atoms with Crippen LogP contribution in [-0.2, 0) is 17.1 Å². The maximum atomic E-state index is 5.52. The molecule has 0 atom stereocenters. The minimum absolute atomic E-state index is 0. The van der Waals surface area contributed by atoms with Crippen molar-refractivity contribution in [2.45, 2.75) is 0 Å². The standard InChI is InChI=1S/C6H4Cl.HI.Mn/c7-6-4-2-1-3-5-6;;/h2-5H;1H;/p-1. The first kappa shape index (κ1) is 12.5. The van der Waals surface area contributed by atoms with E-state index in [-0.39, 0.29) is 41.0 Å². The van der Waals surface area contributed by atoms with Gasteiger partial charge >= 0.3 is 0 Å². The van der Waals surface area contributed by atoms with Crippen LogP contribution in [0.4, 0.5) is 0 Å². The van der Waals surface area contributed by atoms with Crippen LogP contribution in [0, 0.1) is 6.42 Å². The number of rotatable bonds is 0. The predicted molar refractivity (Wildman–Crippen MR) is 30.9 cm³/mol. The van der Waals surface area contributed by atoms with Gasteiger partial charge in [-0.1, -0.05) is 11.6 Å². The smallest absolute Gasteiger partial charge is 0.0320 e. The van der Waals surface area contributed by atoms with Gasteiger partial charge in [-0.25, -0.2) is 0 Å². The van der Waals surface area contributed by atoms with E-state index in [4.69, 9.17) is 11.6 Å². The van der Waals surface area contributed by atoms with Crippen molar-refractivity contribution in [1.82, 2.24) is 0 Å². The zero-order valence-electron chi connectivity index (χ0n) is 4.44. The van der Waals surface area contributed by atoms with Crippen LogP contribution in [0.3, 0.4) is 0 Å². The molecule has 1 aliphatic carbocycles. The molecule has 0 aromatic rings. The van der Waals surface area contributed by atoms with Crippen LogP contribution in [0.15, 0.2) is 29.0 Å². The Morgan fingerprint density at radius 2 is 2.00 bits per heavy atom. The number of allylic oxidation sites excluding steroid dienone is 3. The van der Waals surface area contributed by atoms with Gasteiger partial charge in [-0.3, -0.25) is 0 Å². The van der Waals surface area contributed by atoms with Crippen molar-refractivity contribution in [1.29, 1.82) is 0 Å². The van der Waals surface area contributed by atoms with Crippen molar-refractivity contribution in [2.24, 2.45) is 0 Å². The first-order chi connectivity index (χ1) is 3.39. The quantitative estimate of drug-likeness (QED) is 0.307. The summed E-state index contributed by atoms with van der Waals surface area (Å²) in [5.74, 6) is 0. The van der Waals surface area contributed by atoms with Crippen molar-refractivity contribution < 1.29 is 41.0 Å². The molecule has 0 aromatic heterocycles. The Labute approximate surface area is 87.5 Å². The Kier molecular flexibility index (Phi) is 9.58. The average Bonchev–Trinajstić information content (AvgIpc) is 1.69. The zero-order valence-corrected chi connectivity index (χ0v) is 8.54. The SMILES string of the molecule is ClC1=CC=C=C[CH]1.[I-].[Mn]. The molecule has 9 heavy (non-hydrogen) atoms. The van der Waals surface area contributed by atoms with Gasteiger partial charge in [0, 0.05) is 28.5 Å². The third-order valence-electron chi connectivity index (χ3n) is 0.678. The van der Waals surface area contributed by atoms with Gasteiger partial charge in [0.1, 0.15) is 0 Å². The maximum Gasteiger partial charge on any atom is 0.0320 e. The molecule has 0 spiro atoms. The maximum absolute atomic E-state index is 5.52. The van der Waals surface area contributed by atoms with Crippen LogP contribution in [0.5, 0.6) is 0 Å². The van der Waals surface area contributed by atoms with E-state index in [1.165, 1.54) is 0 Å². The van der Waals surface area contributed by atoms with E-state index >= 15 is 0 Å². The first-order valence-corrected chi connectivity index (χ1v) is 2.39. The van der Waals surface area contributed by atoms with Crippen molar-refractivity contribution in [3.05, 3.63) is 35.4 Å². The predicted octanol–water partition coefficient (Wildman–Crippen LogP) is -0.960. The van der Waals surface area contributed by atoms with E-state index in [1.807, 2.05) is 0 Å². The van der Waals surface area contributed by atoms with Crippen LogP contribution in [0.2, 0.25) is 0 Å². The molecule has 50 valence electrons. The van der Waals surface area contributed by atoms with Gasteiger partial charge in [0.05, 0.1) is 0 Å². The molecule has 1 rings (SSSR count). The first-order valence-electron chi connectivity index (χ1n) is 2.01. The monoisotopic (exact) mass is 293 g/mol. The molecule has 1 aliphatic rings. The molecular formula is C6H4ClIMn-. The molecule has 0 unspecified atom stereocenters. The summed E-state index contributed by atoms with van der Waals surface area (Å²) in [6.45, 7) is 0. The Balaban J connectivity index is 0. The van der Waals surface area contributed by atoms with Gasteiger partial charge in [-0.2, -0.15) is 0 Å². The second kappa shape index (κ2) is 6.91. The Hall–Kier alpha value is 0.799. The van der Waals surface area contributed by atoms with Gasteiger partial charge in [-0.05, 0) is 18.2 Å². The molecule has 0 fully saturated rings. The normalized spacial score (nSPS) is 13.2. The molecule has 3 heteroatoms. The van der Waals surface area contributed by atoms with Crippen LogP contribution < -0.4 is 24.0 Å². The van der Waals surface area contributed by atoms with Gasteiger partial charge in [-0.15, -0.1) is 5.73 Å². The summed E-state index contributed by atoms with van der Waals surface area (Å²) in [4.78, 5) is 0. The van der Waals surface area contributed by atoms with Crippen LogP contribution >= 0.6 is 11.6 Å². The molecule has 0 saturated carbocycles. The topological polar surface area (TPSA) is 0 Å². The second-order valence-corrected chi connectivity index (χ2v) is 1.65. The zero-order chi connectivity index (χ0) is 5.11. The number of hydrogen-bond acceptors (Lipinski definition) is 0. The summed E-state index contributed by atoms with van der Waals surface area (Å²) < 4.78 is 0. The summed E-state index contributed by atoms with van der Waals surface area (Å²) in [7, 11) is 0. The van der Waals surface area contributed by atoms with Crippen molar-refractivity contribution in [3.63, 3.8) is 0 Å². The molecule has 0 aliphatic heterocycles. The molecule has 0 saturated heterocycles. The molecule has 0 nitrogen and oxygen atoms in total. The fourth-order valence-corrected chi connectivity index (χ4v) is 0.493. The number of halogens is 2. The van der Waals surface area contributed by atoms with Gasteiger partial charge < -0.3 is 24.0 Å². The van der Waals surface area contributed by atoms with Gasteiger partial charge in [0.25, 0.3) is 0 Å². The van der Waals surface area contributed by atoms with Crippen molar-refractivity contribution in [3.8, 4) is 0 Å². The largest absolute Gasteiger partial charge is 1.00 e. The van der Waals surface area contributed by atoms with Crippen molar-refractivity contribution in [2.75, 3.05) is 0 Å². The molecule has 0 bridgehead atoms. The summed E-state index contributed by atoms with van der Waals surface area (Å²) in [5.41, 5.74) is 2.85. The fourth-order valence-electron chi connectivity index (χ4n) is 0.367. The molecule has 0 aromatic carbocycles. The van der Waals surface area contributed by atoms with Gasteiger partial charge in [0.2, 0.25) is 0 Å². The fraction of sp³-hybridized carbons (Fsp3) is 0. The minimum Gasteiger partial charge on any atom is -1.00 e. The minimum atomic E-state index is 0. The number of hydrogen-bond donors (Lipinski definition) is 0. The van der Waals surface area contributed by atoms with E-state index in [1.54, 1.807) is 24.6 Å². The third-order valence-corrected chi connectivity index (χ3v) is 0.930. The Morgan fingerprint density at radius 1 is 1.33 bits per heavy atom. The third kappa shape index (κ3) is 5.25. The summed E-state index contributed by atoms with van der Waals surface area (Å²) >= 11 is 5.52. The molecule has 0 N–H and O–H groups in total. The van der Waals surface area contributed by atoms with E-state index in [9.17, 15) is 0 Å².